The molecule has 10 rings (SSSR count). The first-order valence-electron chi connectivity index (χ1n) is 15.5. The molecule has 10 aromatic rings. The zero-order chi connectivity index (χ0) is 29.5. The lowest BCUT2D eigenvalue weighted by atomic mass is 10.1. The fraction of sp³-hybridized carbons (Fsp3) is 0. The van der Waals surface area contributed by atoms with Crippen LogP contribution in [0.25, 0.3) is 82.5 Å². The summed E-state index contributed by atoms with van der Waals surface area (Å²) < 4.78 is 7.33. The summed E-state index contributed by atoms with van der Waals surface area (Å²) in [5.74, 6) is 0. The maximum atomic E-state index is 2.46. The van der Waals surface area contributed by atoms with E-state index in [4.69, 9.17) is 0 Å². The molecule has 0 atom stereocenters. The van der Waals surface area contributed by atoms with E-state index in [1.165, 1.54) is 71.1 Å². The Morgan fingerprint density at radius 3 is 1.33 bits per heavy atom. The highest BCUT2D eigenvalue weighted by Gasteiger charge is 2.23. The molecule has 0 N–H and O–H groups in total. The van der Waals surface area contributed by atoms with Crippen molar-refractivity contribution in [2.75, 3.05) is 0 Å². The summed E-state index contributed by atoms with van der Waals surface area (Å²) in [7, 11) is 0. The van der Waals surface area contributed by atoms with Gasteiger partial charge in [0, 0.05) is 49.4 Å². The van der Waals surface area contributed by atoms with Gasteiger partial charge in [-0.25, -0.2) is 0 Å². The van der Waals surface area contributed by atoms with Crippen LogP contribution in [0.3, 0.4) is 0 Å². The lowest BCUT2D eigenvalue weighted by Crippen LogP contribution is -1.95. The van der Waals surface area contributed by atoms with Crippen LogP contribution in [-0.2, 0) is 0 Å². The first-order valence-corrected chi connectivity index (χ1v) is 15.5. The third kappa shape index (κ3) is 3.35. The number of rotatable bonds is 3. The first-order chi connectivity index (χ1) is 22.4. The summed E-state index contributed by atoms with van der Waals surface area (Å²) in [6.07, 6.45) is 0. The SMILES string of the molecule is c1ccc(-n2c3ccccc3c3cc4c(cc32)c2c(ccc3c5ccccc5n(-c5ccccc5)c32)n4-c2ccccc2)cc1. The molecule has 0 saturated carbocycles. The second-order valence-electron chi connectivity index (χ2n) is 11.8. The van der Waals surface area contributed by atoms with E-state index in [2.05, 4.69) is 177 Å². The zero-order valence-electron chi connectivity index (χ0n) is 24.4. The first kappa shape index (κ1) is 24.4. The molecule has 210 valence electrons. The van der Waals surface area contributed by atoms with E-state index in [-0.39, 0.29) is 0 Å². The van der Waals surface area contributed by atoms with E-state index in [9.17, 15) is 0 Å². The summed E-state index contributed by atoms with van der Waals surface area (Å²) >= 11 is 0. The Kier molecular flexibility index (Phi) is 5.00. The second-order valence-corrected chi connectivity index (χ2v) is 11.8. The van der Waals surface area contributed by atoms with Crippen molar-refractivity contribution in [2.24, 2.45) is 0 Å². The number of aromatic nitrogens is 3. The van der Waals surface area contributed by atoms with Gasteiger partial charge in [0.2, 0.25) is 0 Å². The molecule has 0 amide bonds. The lowest BCUT2D eigenvalue weighted by molar-refractivity contribution is 1.17. The van der Waals surface area contributed by atoms with E-state index in [0.717, 1.165) is 11.4 Å². The van der Waals surface area contributed by atoms with Crippen molar-refractivity contribution < 1.29 is 0 Å². The minimum absolute atomic E-state index is 1.16. The van der Waals surface area contributed by atoms with E-state index >= 15 is 0 Å². The standard InChI is InChI=1S/C42H27N3/c1-4-14-28(15-5-1)43-36-22-12-11-21-32(36)34-26-40-35(27-39(34)43)41-38(44(40)29-16-6-2-7-17-29)25-24-33-31-20-10-13-23-37(31)45(42(33)41)30-18-8-3-9-19-30/h1-27H. The van der Waals surface area contributed by atoms with Gasteiger partial charge in [-0.1, -0.05) is 97.1 Å². The number of fused-ring (bicyclic) bond motifs is 10. The van der Waals surface area contributed by atoms with Gasteiger partial charge in [-0.3, -0.25) is 0 Å². The van der Waals surface area contributed by atoms with Gasteiger partial charge in [0.15, 0.2) is 0 Å². The Morgan fingerprint density at radius 2 is 0.711 bits per heavy atom. The smallest absolute Gasteiger partial charge is 0.0641 e. The minimum Gasteiger partial charge on any atom is -0.309 e. The topological polar surface area (TPSA) is 14.8 Å². The monoisotopic (exact) mass is 573 g/mol. The maximum absolute atomic E-state index is 2.46. The molecular formula is C42H27N3. The van der Waals surface area contributed by atoms with Crippen molar-refractivity contribution in [2.45, 2.75) is 0 Å². The Bertz CT molecular complexity index is 2730. The predicted molar refractivity (Wildman–Crippen MR) is 189 cm³/mol. The molecule has 0 bridgehead atoms. The van der Waals surface area contributed by atoms with Crippen molar-refractivity contribution >= 4 is 65.4 Å². The summed E-state index contributed by atoms with van der Waals surface area (Å²) in [5.41, 5.74) is 10.8. The minimum atomic E-state index is 1.16. The van der Waals surface area contributed by atoms with Gasteiger partial charge in [0.05, 0.1) is 33.1 Å². The van der Waals surface area contributed by atoms with Gasteiger partial charge in [-0.05, 0) is 66.7 Å². The zero-order valence-corrected chi connectivity index (χ0v) is 24.4. The Hall–Kier alpha value is -6.06. The van der Waals surface area contributed by atoms with Gasteiger partial charge in [0.25, 0.3) is 0 Å². The lowest BCUT2D eigenvalue weighted by Gasteiger charge is -2.10. The third-order valence-electron chi connectivity index (χ3n) is 9.40. The van der Waals surface area contributed by atoms with Crippen LogP contribution in [0.5, 0.6) is 0 Å². The van der Waals surface area contributed by atoms with Gasteiger partial charge < -0.3 is 13.7 Å². The predicted octanol–water partition coefficient (Wildman–Crippen LogP) is 11.0. The van der Waals surface area contributed by atoms with E-state index in [1.807, 2.05) is 0 Å². The highest BCUT2D eigenvalue weighted by molar-refractivity contribution is 6.28. The number of benzene rings is 7. The summed E-state index contributed by atoms with van der Waals surface area (Å²) in [6.45, 7) is 0. The van der Waals surface area contributed by atoms with Crippen molar-refractivity contribution in [3.05, 3.63) is 164 Å². The van der Waals surface area contributed by atoms with Gasteiger partial charge >= 0.3 is 0 Å². The van der Waals surface area contributed by atoms with Crippen LogP contribution in [-0.4, -0.2) is 13.7 Å². The average Bonchev–Trinajstić information content (AvgIpc) is 3.73. The molecule has 0 aliphatic heterocycles. The van der Waals surface area contributed by atoms with Crippen LogP contribution in [0, 0.1) is 0 Å². The summed E-state index contributed by atoms with van der Waals surface area (Å²) in [6, 6.07) is 59.4. The fourth-order valence-corrected chi connectivity index (χ4v) is 7.57. The largest absolute Gasteiger partial charge is 0.309 e. The molecular weight excluding hydrogens is 546 g/mol. The van der Waals surface area contributed by atoms with Crippen molar-refractivity contribution in [1.82, 2.24) is 13.7 Å². The summed E-state index contributed by atoms with van der Waals surface area (Å²) in [5, 5.41) is 7.54. The molecule has 0 saturated heterocycles. The van der Waals surface area contributed by atoms with Crippen LogP contribution in [0.15, 0.2) is 164 Å². The molecule has 0 fully saturated rings. The fourth-order valence-electron chi connectivity index (χ4n) is 7.57. The van der Waals surface area contributed by atoms with Gasteiger partial charge in [0.1, 0.15) is 0 Å². The molecule has 45 heavy (non-hydrogen) atoms. The Labute approximate surface area is 259 Å². The molecule has 3 aromatic heterocycles. The van der Waals surface area contributed by atoms with Crippen molar-refractivity contribution in [1.29, 1.82) is 0 Å². The number of hydrogen-bond donors (Lipinski definition) is 0. The normalized spacial score (nSPS) is 12.0. The number of para-hydroxylation sites is 5. The van der Waals surface area contributed by atoms with Crippen molar-refractivity contribution in [3.8, 4) is 17.1 Å². The molecule has 3 heterocycles. The quantitative estimate of drug-likeness (QED) is 0.200. The summed E-state index contributed by atoms with van der Waals surface area (Å²) in [4.78, 5) is 0. The van der Waals surface area contributed by atoms with Gasteiger partial charge in [-0.2, -0.15) is 0 Å². The molecule has 3 nitrogen and oxygen atoms in total. The van der Waals surface area contributed by atoms with Crippen LogP contribution in [0.2, 0.25) is 0 Å². The third-order valence-corrected chi connectivity index (χ3v) is 9.40. The van der Waals surface area contributed by atoms with E-state index < -0.39 is 0 Å². The van der Waals surface area contributed by atoms with Crippen LogP contribution < -0.4 is 0 Å². The van der Waals surface area contributed by atoms with Crippen LogP contribution in [0.1, 0.15) is 0 Å². The average molecular weight is 574 g/mol. The Balaban J connectivity index is 1.48. The number of hydrogen-bond acceptors (Lipinski definition) is 0. The van der Waals surface area contributed by atoms with E-state index in [0.29, 0.717) is 0 Å². The van der Waals surface area contributed by atoms with E-state index in [1.54, 1.807) is 0 Å². The molecule has 0 aliphatic carbocycles. The van der Waals surface area contributed by atoms with Crippen LogP contribution >= 0.6 is 0 Å². The van der Waals surface area contributed by atoms with Crippen molar-refractivity contribution in [3.63, 3.8) is 0 Å². The second kappa shape index (κ2) is 9.22. The number of nitrogens with zero attached hydrogens (tertiary/aromatic N) is 3. The molecule has 3 heteroatoms. The molecule has 0 unspecified atom stereocenters. The van der Waals surface area contributed by atoms with Crippen LogP contribution in [0.4, 0.5) is 0 Å². The Morgan fingerprint density at radius 1 is 0.267 bits per heavy atom. The van der Waals surface area contributed by atoms with Gasteiger partial charge in [-0.15, -0.1) is 0 Å². The molecule has 0 spiro atoms. The molecule has 0 aliphatic rings. The maximum Gasteiger partial charge on any atom is 0.0641 e. The molecule has 0 radical (unpaired) electrons. The highest BCUT2D eigenvalue weighted by atomic mass is 15.0. The highest BCUT2D eigenvalue weighted by Crippen LogP contribution is 2.44. The molecule has 7 aromatic carbocycles.